The number of aromatic nitrogens is 1. The van der Waals surface area contributed by atoms with Crippen molar-refractivity contribution in [1.82, 2.24) is 4.57 Å². The summed E-state index contributed by atoms with van der Waals surface area (Å²) in [5.41, 5.74) is 17.8. The van der Waals surface area contributed by atoms with E-state index in [1.165, 1.54) is 92.5 Å². The minimum Gasteiger partial charge on any atom is -0.309 e. The number of rotatable bonds is 8. The Kier molecular flexibility index (Phi) is 8.97. The van der Waals surface area contributed by atoms with Crippen molar-refractivity contribution in [2.24, 2.45) is 0 Å². The lowest BCUT2D eigenvalue weighted by atomic mass is 9.68. The molecule has 10 aromatic carbocycles. The molecule has 13 rings (SSSR count). The van der Waals surface area contributed by atoms with Gasteiger partial charge in [0.05, 0.1) is 16.4 Å². The molecule has 310 valence electrons. The topological polar surface area (TPSA) is 8.17 Å². The number of hydrogen-bond acceptors (Lipinski definition) is 2. The molecule has 12 aromatic rings. The molecule has 0 fully saturated rings. The normalized spacial score (nSPS) is 12.7. The van der Waals surface area contributed by atoms with Gasteiger partial charge in [-0.3, -0.25) is 0 Å². The molecule has 1 aliphatic carbocycles. The van der Waals surface area contributed by atoms with Crippen LogP contribution < -0.4 is 4.90 Å². The molecule has 0 amide bonds. The Bertz CT molecular complexity index is 3700. The highest BCUT2D eigenvalue weighted by atomic mass is 32.1. The molecule has 0 atom stereocenters. The lowest BCUT2D eigenvalue weighted by Crippen LogP contribution is -2.28. The van der Waals surface area contributed by atoms with Crippen molar-refractivity contribution in [2.45, 2.75) is 5.41 Å². The van der Waals surface area contributed by atoms with Gasteiger partial charge in [0.15, 0.2) is 0 Å². The molecule has 0 bridgehead atoms. The summed E-state index contributed by atoms with van der Waals surface area (Å²) in [7, 11) is 0. The minimum absolute atomic E-state index is 0.441. The SMILES string of the molecule is c1ccc(N(c2cccc(-c3cccc(-c4ccc5c6ccccc6n(-c6ccc7c(c6)-c6ccccc6C7(c6ccccc6)c6ccccc6)c5c4)c3)c2)c2cc3ccccc3s2)cc1. The van der Waals surface area contributed by atoms with Crippen LogP contribution in [-0.2, 0) is 5.41 Å². The molecule has 0 radical (unpaired) electrons. The first-order chi connectivity index (χ1) is 32.7. The summed E-state index contributed by atoms with van der Waals surface area (Å²) in [5, 5.41) is 4.93. The van der Waals surface area contributed by atoms with Crippen molar-refractivity contribution in [2.75, 3.05) is 4.90 Å². The minimum atomic E-state index is -0.441. The molecule has 0 aliphatic heterocycles. The molecule has 0 saturated carbocycles. The smallest absolute Gasteiger partial charge is 0.101 e. The highest BCUT2D eigenvalue weighted by Gasteiger charge is 2.46. The summed E-state index contributed by atoms with van der Waals surface area (Å²) < 4.78 is 3.75. The molecule has 0 saturated heterocycles. The van der Waals surface area contributed by atoms with E-state index in [-0.39, 0.29) is 0 Å². The fraction of sp³-hybridized carbons (Fsp3) is 0.0159. The Balaban J connectivity index is 0.934. The second-order valence-electron chi connectivity index (χ2n) is 17.3. The van der Waals surface area contributed by atoms with Crippen LogP contribution in [0.15, 0.2) is 255 Å². The molecule has 0 N–H and O–H groups in total. The molecule has 0 unspecified atom stereocenters. The van der Waals surface area contributed by atoms with E-state index in [1.54, 1.807) is 0 Å². The van der Waals surface area contributed by atoms with Gasteiger partial charge in [-0.15, -0.1) is 11.3 Å². The molecule has 1 aliphatic rings. The molecule has 2 nitrogen and oxygen atoms in total. The Hall–Kier alpha value is -8.24. The van der Waals surface area contributed by atoms with Crippen LogP contribution in [0.3, 0.4) is 0 Å². The van der Waals surface area contributed by atoms with E-state index in [9.17, 15) is 0 Å². The van der Waals surface area contributed by atoms with Crippen molar-refractivity contribution >= 4 is 59.6 Å². The van der Waals surface area contributed by atoms with Crippen LogP contribution in [-0.4, -0.2) is 4.57 Å². The number of hydrogen-bond donors (Lipinski definition) is 0. The highest BCUT2D eigenvalue weighted by Crippen LogP contribution is 2.56. The highest BCUT2D eigenvalue weighted by molar-refractivity contribution is 7.23. The van der Waals surface area contributed by atoms with Crippen LogP contribution in [0.4, 0.5) is 16.4 Å². The fourth-order valence-corrected chi connectivity index (χ4v) is 11.9. The summed E-state index contributed by atoms with van der Waals surface area (Å²) in [6.07, 6.45) is 0. The lowest BCUT2D eigenvalue weighted by molar-refractivity contribution is 0.768. The predicted octanol–water partition coefficient (Wildman–Crippen LogP) is 17.2. The van der Waals surface area contributed by atoms with E-state index in [1.807, 2.05) is 11.3 Å². The van der Waals surface area contributed by atoms with E-state index in [0.29, 0.717) is 0 Å². The monoisotopic (exact) mass is 858 g/mol. The first kappa shape index (κ1) is 38.2. The first-order valence-electron chi connectivity index (χ1n) is 22.7. The number of benzene rings is 10. The lowest BCUT2D eigenvalue weighted by Gasteiger charge is -2.33. The number of fused-ring (bicyclic) bond motifs is 7. The van der Waals surface area contributed by atoms with Crippen molar-refractivity contribution in [3.8, 4) is 39.1 Å². The summed E-state index contributed by atoms with van der Waals surface area (Å²) in [4.78, 5) is 2.38. The first-order valence-corrected chi connectivity index (χ1v) is 23.5. The third-order valence-corrected chi connectivity index (χ3v) is 14.8. The number of nitrogens with zero attached hydrogens (tertiary/aromatic N) is 2. The standard InChI is InChI=1S/C63H42N2S/c1-4-22-48(23-5-1)63(49-24-6-2-7-25-49)57-31-13-11-29-53(57)56-42-52(35-37-58(56)63)65-59-32-14-12-30-54(59)55-36-34-46(40-60(55)65)44-20-16-19-43(38-44)45-21-17-28-51(39-45)64(50-26-8-3-9-27-50)62-41-47-18-10-15-33-61(47)66-62/h1-42H. The van der Waals surface area contributed by atoms with E-state index < -0.39 is 5.41 Å². The van der Waals surface area contributed by atoms with Gasteiger partial charge in [-0.25, -0.2) is 0 Å². The van der Waals surface area contributed by atoms with Gasteiger partial charge < -0.3 is 9.47 Å². The average molecular weight is 859 g/mol. The summed E-state index contributed by atoms with van der Waals surface area (Å²) >= 11 is 1.82. The zero-order chi connectivity index (χ0) is 43.6. The molecular formula is C63H42N2S. The molecule has 0 spiro atoms. The van der Waals surface area contributed by atoms with Crippen molar-refractivity contribution in [3.05, 3.63) is 277 Å². The van der Waals surface area contributed by atoms with E-state index in [4.69, 9.17) is 0 Å². The molecule has 2 heterocycles. The molecule has 2 aromatic heterocycles. The van der Waals surface area contributed by atoms with Crippen molar-refractivity contribution in [1.29, 1.82) is 0 Å². The maximum Gasteiger partial charge on any atom is 0.101 e. The maximum absolute atomic E-state index is 2.47. The van der Waals surface area contributed by atoms with Gasteiger partial charge in [0.2, 0.25) is 0 Å². The Morgan fingerprint density at radius 3 is 1.73 bits per heavy atom. The quantitative estimate of drug-likeness (QED) is 0.148. The van der Waals surface area contributed by atoms with E-state index >= 15 is 0 Å². The van der Waals surface area contributed by atoms with Crippen LogP contribution in [0, 0.1) is 0 Å². The second-order valence-corrected chi connectivity index (χ2v) is 18.3. The largest absolute Gasteiger partial charge is 0.309 e. The molecular weight excluding hydrogens is 817 g/mol. The van der Waals surface area contributed by atoms with E-state index in [0.717, 1.165) is 17.1 Å². The maximum atomic E-state index is 2.47. The number of anilines is 3. The van der Waals surface area contributed by atoms with Gasteiger partial charge in [0.25, 0.3) is 0 Å². The van der Waals surface area contributed by atoms with Gasteiger partial charge in [0, 0.05) is 32.5 Å². The van der Waals surface area contributed by atoms with Gasteiger partial charge in [0.1, 0.15) is 5.00 Å². The third kappa shape index (κ3) is 6.01. The van der Waals surface area contributed by atoms with Crippen LogP contribution in [0.2, 0.25) is 0 Å². The number of para-hydroxylation sites is 2. The number of thiophene rings is 1. The van der Waals surface area contributed by atoms with Crippen molar-refractivity contribution < 1.29 is 0 Å². The van der Waals surface area contributed by atoms with Crippen LogP contribution in [0.5, 0.6) is 0 Å². The Labute approximate surface area is 388 Å². The summed E-state index contributed by atoms with van der Waals surface area (Å²) in [6, 6.07) is 93.7. The predicted molar refractivity (Wildman–Crippen MR) is 279 cm³/mol. The summed E-state index contributed by atoms with van der Waals surface area (Å²) in [6.45, 7) is 0. The van der Waals surface area contributed by atoms with Gasteiger partial charge >= 0.3 is 0 Å². The third-order valence-electron chi connectivity index (χ3n) is 13.7. The van der Waals surface area contributed by atoms with Crippen LogP contribution in [0.25, 0.3) is 71.0 Å². The molecule has 3 heteroatoms. The van der Waals surface area contributed by atoms with Gasteiger partial charge in [-0.1, -0.05) is 188 Å². The fourth-order valence-electron chi connectivity index (χ4n) is 10.8. The summed E-state index contributed by atoms with van der Waals surface area (Å²) in [5.74, 6) is 0. The Morgan fingerprint density at radius 1 is 0.364 bits per heavy atom. The van der Waals surface area contributed by atoms with Gasteiger partial charge in [-0.2, -0.15) is 0 Å². The Morgan fingerprint density at radius 2 is 0.955 bits per heavy atom. The zero-order valence-electron chi connectivity index (χ0n) is 36.1. The van der Waals surface area contributed by atoms with Crippen molar-refractivity contribution in [3.63, 3.8) is 0 Å². The average Bonchev–Trinajstić information content (AvgIpc) is 4.06. The van der Waals surface area contributed by atoms with Crippen LogP contribution in [0.1, 0.15) is 22.3 Å². The van der Waals surface area contributed by atoms with E-state index in [2.05, 4.69) is 264 Å². The second kappa shape index (κ2) is 15.5. The zero-order valence-corrected chi connectivity index (χ0v) is 36.9. The van der Waals surface area contributed by atoms with Crippen LogP contribution >= 0.6 is 11.3 Å². The van der Waals surface area contributed by atoms with Gasteiger partial charge in [-0.05, 0) is 128 Å². The molecule has 66 heavy (non-hydrogen) atoms.